The zero-order chi connectivity index (χ0) is 18.0. The van der Waals surface area contributed by atoms with Crippen LogP contribution < -0.4 is 10.0 Å². The number of nitrogens with zero attached hydrogens (tertiary/aromatic N) is 1. The van der Waals surface area contributed by atoms with Gasteiger partial charge in [0.05, 0.1) is 22.2 Å². The van der Waals surface area contributed by atoms with Crippen LogP contribution in [0.2, 0.25) is 10.0 Å². The number of anilines is 1. The lowest BCUT2D eigenvalue weighted by atomic mass is 10.2. The number of hydrogen-bond donors (Lipinski definition) is 2. The summed E-state index contributed by atoms with van der Waals surface area (Å²) in [6.45, 7) is 0.121. The molecule has 130 valence electrons. The molecule has 1 heterocycles. The minimum absolute atomic E-state index is 0.0657. The fourth-order valence-corrected chi connectivity index (χ4v) is 3.91. The zero-order valence-corrected chi connectivity index (χ0v) is 15.1. The highest BCUT2D eigenvalue weighted by Crippen LogP contribution is 2.25. The van der Waals surface area contributed by atoms with Gasteiger partial charge in [0, 0.05) is 17.0 Å². The van der Waals surface area contributed by atoms with Crippen LogP contribution >= 0.6 is 23.2 Å². The Hall–Kier alpha value is -2.09. The van der Waals surface area contributed by atoms with Gasteiger partial charge in [0.25, 0.3) is 10.0 Å². The fraction of sp³-hybridized carbons (Fsp3) is 0.125. The zero-order valence-electron chi connectivity index (χ0n) is 12.8. The van der Waals surface area contributed by atoms with Gasteiger partial charge in [-0.25, -0.2) is 8.42 Å². The second kappa shape index (κ2) is 7.03. The highest BCUT2D eigenvalue weighted by Gasteiger charge is 2.29. The van der Waals surface area contributed by atoms with Gasteiger partial charge in [0.1, 0.15) is 5.84 Å². The largest absolute Gasteiger partial charge is 0.325 e. The van der Waals surface area contributed by atoms with E-state index in [0.29, 0.717) is 21.3 Å². The normalized spacial score (nSPS) is 16.3. The van der Waals surface area contributed by atoms with E-state index in [1.807, 2.05) is 0 Å². The summed E-state index contributed by atoms with van der Waals surface area (Å²) in [4.78, 5) is 16.4. The Morgan fingerprint density at radius 3 is 2.72 bits per heavy atom. The lowest BCUT2D eigenvalue weighted by molar-refractivity contribution is -0.116. The third-order valence-electron chi connectivity index (χ3n) is 3.47. The Bertz CT molecular complexity index is 974. The number of nitrogens with one attached hydrogen (secondary N) is 2. The van der Waals surface area contributed by atoms with Crippen molar-refractivity contribution < 1.29 is 13.2 Å². The van der Waals surface area contributed by atoms with Crippen LogP contribution in [-0.2, 0) is 14.8 Å². The molecule has 0 saturated heterocycles. The molecule has 0 bridgehead atoms. The summed E-state index contributed by atoms with van der Waals surface area (Å²) in [7, 11) is -3.58. The van der Waals surface area contributed by atoms with Crippen molar-refractivity contribution >= 4 is 50.7 Å². The van der Waals surface area contributed by atoms with Crippen LogP contribution in [0.3, 0.4) is 0 Å². The number of aliphatic imine (C=N–C) groups is 1. The molecule has 6 nitrogen and oxygen atoms in total. The number of hydrogen-bond acceptors (Lipinski definition) is 4. The van der Waals surface area contributed by atoms with Gasteiger partial charge in [-0.05, 0) is 30.3 Å². The number of benzene rings is 2. The van der Waals surface area contributed by atoms with E-state index in [4.69, 9.17) is 23.2 Å². The molecule has 9 heteroatoms. The monoisotopic (exact) mass is 397 g/mol. The number of amides is 1. The molecular weight excluding hydrogens is 385 g/mol. The second-order valence-corrected chi connectivity index (χ2v) is 7.75. The van der Waals surface area contributed by atoms with Gasteiger partial charge < -0.3 is 5.32 Å². The van der Waals surface area contributed by atoms with Crippen molar-refractivity contribution in [1.82, 2.24) is 4.72 Å². The van der Waals surface area contributed by atoms with E-state index in [0.717, 1.165) is 0 Å². The van der Waals surface area contributed by atoms with Gasteiger partial charge in [0.2, 0.25) is 5.91 Å². The maximum absolute atomic E-state index is 12.0. The van der Waals surface area contributed by atoms with Gasteiger partial charge in [-0.3, -0.25) is 14.5 Å². The van der Waals surface area contributed by atoms with E-state index >= 15 is 0 Å². The van der Waals surface area contributed by atoms with Gasteiger partial charge in [0.15, 0.2) is 0 Å². The summed E-state index contributed by atoms with van der Waals surface area (Å²) in [6, 6.07) is 11.3. The molecule has 25 heavy (non-hydrogen) atoms. The second-order valence-electron chi connectivity index (χ2n) is 5.25. The third kappa shape index (κ3) is 3.95. The summed E-state index contributed by atoms with van der Waals surface area (Å²) in [6.07, 6.45) is 0.0657. The Morgan fingerprint density at radius 2 is 1.92 bits per heavy atom. The summed E-state index contributed by atoms with van der Waals surface area (Å²) in [5, 5.41) is 3.48. The molecule has 0 saturated carbocycles. The van der Waals surface area contributed by atoms with Crippen molar-refractivity contribution in [3.8, 4) is 0 Å². The first-order valence-corrected chi connectivity index (χ1v) is 9.52. The van der Waals surface area contributed by atoms with Crippen molar-refractivity contribution in [3.05, 3.63) is 58.1 Å². The van der Waals surface area contributed by atoms with Crippen molar-refractivity contribution in [1.29, 1.82) is 0 Å². The maximum atomic E-state index is 12.0. The average molecular weight is 398 g/mol. The summed E-state index contributed by atoms with van der Waals surface area (Å²) in [5.41, 5.74) is 0.916. The first-order chi connectivity index (χ1) is 11.9. The quantitative estimate of drug-likeness (QED) is 0.830. The molecule has 0 fully saturated rings. The molecule has 0 spiro atoms. The third-order valence-corrected chi connectivity index (χ3v) is 5.44. The first kappa shape index (κ1) is 17.7. The van der Waals surface area contributed by atoms with Crippen molar-refractivity contribution in [2.75, 3.05) is 11.9 Å². The molecular formula is C16H13Cl2N3O3S. The van der Waals surface area contributed by atoms with E-state index in [1.165, 1.54) is 6.07 Å². The predicted octanol–water partition coefficient (Wildman–Crippen LogP) is 3.06. The van der Waals surface area contributed by atoms with Crippen LogP contribution in [0.5, 0.6) is 0 Å². The molecule has 2 N–H and O–H groups in total. The van der Waals surface area contributed by atoms with E-state index in [2.05, 4.69) is 15.0 Å². The molecule has 0 radical (unpaired) electrons. The topological polar surface area (TPSA) is 87.6 Å². The predicted molar refractivity (Wildman–Crippen MR) is 97.9 cm³/mol. The molecule has 0 atom stereocenters. The van der Waals surface area contributed by atoms with Crippen LogP contribution in [0.15, 0.2) is 52.4 Å². The molecule has 1 aliphatic heterocycles. The van der Waals surface area contributed by atoms with Crippen LogP contribution in [0, 0.1) is 0 Å². The number of rotatable bonds is 4. The van der Waals surface area contributed by atoms with Crippen molar-refractivity contribution in [2.45, 2.75) is 11.3 Å². The van der Waals surface area contributed by atoms with E-state index in [-0.39, 0.29) is 29.6 Å². The molecule has 0 unspecified atom stereocenters. The summed E-state index contributed by atoms with van der Waals surface area (Å²) in [5.74, 6) is -0.0631. The van der Waals surface area contributed by atoms with E-state index in [1.54, 1.807) is 36.4 Å². The van der Waals surface area contributed by atoms with Gasteiger partial charge in [-0.1, -0.05) is 35.3 Å². The standard InChI is InChI=1S/C16H13Cl2N3O3S/c17-10-5-6-12(18)13(9-10)20-15(22)7-8-19-16-11-3-1-2-4-14(11)25(23,24)21-16/h1-6,9H,7-8H2,(H,19,21)(H,20,22). The molecule has 0 aliphatic carbocycles. The highest BCUT2D eigenvalue weighted by atomic mass is 35.5. The first-order valence-electron chi connectivity index (χ1n) is 7.28. The fourth-order valence-electron chi connectivity index (χ4n) is 2.33. The Kier molecular flexibility index (Phi) is 4.99. The van der Waals surface area contributed by atoms with Crippen molar-refractivity contribution in [3.63, 3.8) is 0 Å². The minimum Gasteiger partial charge on any atom is -0.325 e. The van der Waals surface area contributed by atoms with Gasteiger partial charge in [-0.15, -0.1) is 0 Å². The minimum atomic E-state index is -3.58. The van der Waals surface area contributed by atoms with Crippen LogP contribution in [-0.4, -0.2) is 26.7 Å². The summed E-state index contributed by atoms with van der Waals surface area (Å²) >= 11 is 11.9. The molecule has 2 aromatic carbocycles. The smallest absolute Gasteiger partial charge is 0.263 e. The van der Waals surface area contributed by atoms with Gasteiger partial charge >= 0.3 is 0 Å². The number of carbonyl (C=O) groups excluding carboxylic acids is 1. The number of halogens is 2. The molecule has 0 aromatic heterocycles. The van der Waals surface area contributed by atoms with Crippen LogP contribution in [0.25, 0.3) is 0 Å². The number of carbonyl (C=O) groups is 1. The lowest BCUT2D eigenvalue weighted by Gasteiger charge is -2.07. The molecule has 1 amide bonds. The molecule has 1 aliphatic rings. The van der Waals surface area contributed by atoms with E-state index < -0.39 is 10.0 Å². The lowest BCUT2D eigenvalue weighted by Crippen LogP contribution is -2.23. The molecule has 2 aromatic rings. The highest BCUT2D eigenvalue weighted by molar-refractivity contribution is 7.90. The Balaban J connectivity index is 1.66. The number of sulfonamides is 1. The van der Waals surface area contributed by atoms with Crippen LogP contribution in [0.1, 0.15) is 12.0 Å². The Labute approximate surface area is 154 Å². The van der Waals surface area contributed by atoms with Gasteiger partial charge in [-0.2, -0.15) is 0 Å². The average Bonchev–Trinajstić information content (AvgIpc) is 2.82. The SMILES string of the molecule is O=C(CCN=C1NS(=O)(=O)c2ccccc21)Nc1cc(Cl)ccc1Cl. The van der Waals surface area contributed by atoms with Crippen molar-refractivity contribution in [2.24, 2.45) is 4.99 Å². The molecule has 3 rings (SSSR count). The Morgan fingerprint density at radius 1 is 1.16 bits per heavy atom. The number of fused-ring (bicyclic) bond motifs is 1. The summed E-state index contributed by atoms with van der Waals surface area (Å²) < 4.78 is 26.3. The number of amidine groups is 1. The maximum Gasteiger partial charge on any atom is 0.263 e. The van der Waals surface area contributed by atoms with E-state index in [9.17, 15) is 13.2 Å². The van der Waals surface area contributed by atoms with Crippen LogP contribution in [0.4, 0.5) is 5.69 Å².